The van der Waals surface area contributed by atoms with Crippen molar-refractivity contribution in [1.82, 2.24) is 9.97 Å². The van der Waals surface area contributed by atoms with E-state index in [4.69, 9.17) is 5.73 Å². The van der Waals surface area contributed by atoms with Crippen molar-refractivity contribution in [3.8, 4) is 0 Å². The summed E-state index contributed by atoms with van der Waals surface area (Å²) in [5, 5.41) is 0.971. The lowest BCUT2D eigenvalue weighted by Crippen LogP contribution is -2.17. The molecule has 2 aromatic carbocycles. The fourth-order valence-corrected chi connectivity index (χ4v) is 2.34. The molecule has 0 aliphatic rings. The Morgan fingerprint density at radius 2 is 1.85 bits per heavy atom. The first-order valence-corrected chi connectivity index (χ1v) is 6.62. The van der Waals surface area contributed by atoms with Crippen LogP contribution in [0.1, 0.15) is 6.92 Å². The number of nitrogens with two attached hydrogens (primary N) is 1. The summed E-state index contributed by atoms with van der Waals surface area (Å²) < 4.78 is 0. The number of fused-ring (bicyclic) bond motifs is 1. The van der Waals surface area contributed by atoms with Crippen molar-refractivity contribution in [2.75, 3.05) is 17.2 Å². The number of rotatable bonds is 3. The van der Waals surface area contributed by atoms with Gasteiger partial charge in [0.15, 0.2) is 0 Å². The molecule has 0 saturated carbocycles. The van der Waals surface area contributed by atoms with Crippen LogP contribution in [0.3, 0.4) is 0 Å². The zero-order valence-corrected chi connectivity index (χ0v) is 11.3. The van der Waals surface area contributed by atoms with Gasteiger partial charge in [-0.1, -0.05) is 18.2 Å². The van der Waals surface area contributed by atoms with Crippen LogP contribution in [-0.2, 0) is 0 Å². The highest BCUT2D eigenvalue weighted by molar-refractivity contribution is 5.93. The van der Waals surface area contributed by atoms with Gasteiger partial charge in [0.1, 0.15) is 12.1 Å². The van der Waals surface area contributed by atoms with Crippen LogP contribution in [0.5, 0.6) is 0 Å². The van der Waals surface area contributed by atoms with Crippen LogP contribution >= 0.6 is 0 Å². The molecule has 100 valence electrons. The van der Waals surface area contributed by atoms with Gasteiger partial charge in [0, 0.05) is 23.3 Å². The molecule has 1 aromatic heterocycles. The summed E-state index contributed by atoms with van der Waals surface area (Å²) in [6, 6.07) is 15.9. The minimum Gasteiger partial charge on any atom is -0.399 e. The molecule has 0 atom stereocenters. The second-order valence-electron chi connectivity index (χ2n) is 4.55. The van der Waals surface area contributed by atoms with Crippen molar-refractivity contribution < 1.29 is 0 Å². The first kappa shape index (κ1) is 12.4. The van der Waals surface area contributed by atoms with Crippen molar-refractivity contribution in [2.45, 2.75) is 6.92 Å². The van der Waals surface area contributed by atoms with E-state index in [9.17, 15) is 0 Å². The Bertz CT molecular complexity index is 725. The van der Waals surface area contributed by atoms with Crippen LogP contribution in [0.2, 0.25) is 0 Å². The average molecular weight is 264 g/mol. The molecular weight excluding hydrogens is 248 g/mol. The van der Waals surface area contributed by atoms with E-state index in [1.165, 1.54) is 0 Å². The molecule has 0 bridgehead atoms. The van der Waals surface area contributed by atoms with Gasteiger partial charge in [-0.3, -0.25) is 0 Å². The summed E-state index contributed by atoms with van der Waals surface area (Å²) >= 11 is 0. The van der Waals surface area contributed by atoms with E-state index in [1.807, 2.05) is 36.4 Å². The van der Waals surface area contributed by atoms with E-state index >= 15 is 0 Å². The van der Waals surface area contributed by atoms with Crippen LogP contribution in [0.25, 0.3) is 10.9 Å². The van der Waals surface area contributed by atoms with E-state index in [0.29, 0.717) is 0 Å². The van der Waals surface area contributed by atoms with Crippen molar-refractivity contribution >= 4 is 28.1 Å². The molecule has 0 aliphatic heterocycles. The number of benzene rings is 2. The number of nitrogen functional groups attached to an aromatic ring is 1. The normalized spacial score (nSPS) is 10.7. The third kappa shape index (κ3) is 2.16. The number of nitrogens with zero attached hydrogens (tertiary/aromatic N) is 3. The van der Waals surface area contributed by atoms with Crippen molar-refractivity contribution in [3.05, 3.63) is 54.9 Å². The first-order chi connectivity index (χ1) is 9.79. The molecule has 0 spiro atoms. The summed E-state index contributed by atoms with van der Waals surface area (Å²) in [4.78, 5) is 10.9. The third-order valence-corrected chi connectivity index (χ3v) is 3.28. The molecule has 2 N–H and O–H groups in total. The number of para-hydroxylation sites is 1. The highest BCUT2D eigenvalue weighted by Crippen LogP contribution is 2.29. The van der Waals surface area contributed by atoms with Crippen molar-refractivity contribution in [3.63, 3.8) is 0 Å². The zero-order chi connectivity index (χ0) is 13.9. The van der Waals surface area contributed by atoms with E-state index < -0.39 is 0 Å². The second-order valence-corrected chi connectivity index (χ2v) is 4.55. The second kappa shape index (κ2) is 5.17. The number of anilines is 3. The van der Waals surface area contributed by atoms with Gasteiger partial charge in [-0.15, -0.1) is 0 Å². The highest BCUT2D eigenvalue weighted by atomic mass is 15.2. The summed E-state index contributed by atoms with van der Waals surface area (Å²) in [6.07, 6.45) is 1.60. The molecule has 0 radical (unpaired) electrons. The van der Waals surface area contributed by atoms with Crippen molar-refractivity contribution in [1.29, 1.82) is 0 Å². The Hall–Kier alpha value is -2.62. The van der Waals surface area contributed by atoms with Gasteiger partial charge in [-0.25, -0.2) is 9.97 Å². The molecule has 0 amide bonds. The maximum atomic E-state index is 5.90. The molecule has 0 fully saturated rings. The first-order valence-electron chi connectivity index (χ1n) is 6.62. The predicted molar refractivity (Wildman–Crippen MR) is 83.1 cm³/mol. The molecule has 0 unspecified atom stereocenters. The predicted octanol–water partition coefficient (Wildman–Crippen LogP) is 3.37. The molecule has 4 heteroatoms. The van der Waals surface area contributed by atoms with Crippen LogP contribution in [0.15, 0.2) is 54.9 Å². The Labute approximate surface area is 117 Å². The summed E-state index contributed by atoms with van der Waals surface area (Å²) in [5.74, 6) is 0.885. The minimum absolute atomic E-state index is 0.720. The number of aromatic nitrogens is 2. The smallest absolute Gasteiger partial charge is 0.144 e. The standard InChI is InChI=1S/C16H16N4/c1-2-20(13-6-4-3-5-7-13)16-14-10-12(17)8-9-15(14)18-11-19-16/h3-11H,2,17H2,1H3. The molecule has 20 heavy (non-hydrogen) atoms. The average Bonchev–Trinajstić information content (AvgIpc) is 2.49. The number of hydrogen-bond donors (Lipinski definition) is 1. The molecule has 0 aliphatic carbocycles. The summed E-state index contributed by atoms with van der Waals surface area (Å²) in [6.45, 7) is 2.93. The summed E-state index contributed by atoms with van der Waals surface area (Å²) in [5.41, 5.74) is 8.63. The Morgan fingerprint density at radius 3 is 2.60 bits per heavy atom. The Kier molecular flexibility index (Phi) is 3.21. The lowest BCUT2D eigenvalue weighted by Gasteiger charge is -2.23. The Balaban J connectivity index is 2.19. The summed E-state index contributed by atoms with van der Waals surface area (Å²) in [7, 11) is 0. The van der Waals surface area contributed by atoms with Gasteiger partial charge >= 0.3 is 0 Å². The van der Waals surface area contributed by atoms with E-state index in [2.05, 4.69) is 33.9 Å². The Morgan fingerprint density at radius 1 is 1.05 bits per heavy atom. The van der Waals surface area contributed by atoms with Gasteiger partial charge in [-0.05, 0) is 37.3 Å². The largest absolute Gasteiger partial charge is 0.399 e. The van der Waals surface area contributed by atoms with Crippen LogP contribution in [0, 0.1) is 0 Å². The maximum Gasteiger partial charge on any atom is 0.144 e. The van der Waals surface area contributed by atoms with Gasteiger partial charge in [-0.2, -0.15) is 0 Å². The van der Waals surface area contributed by atoms with Crippen LogP contribution in [-0.4, -0.2) is 16.5 Å². The monoisotopic (exact) mass is 264 g/mol. The molecule has 4 nitrogen and oxygen atoms in total. The topological polar surface area (TPSA) is 55.0 Å². The van der Waals surface area contributed by atoms with Gasteiger partial charge < -0.3 is 10.6 Å². The highest BCUT2D eigenvalue weighted by Gasteiger charge is 2.12. The van der Waals surface area contributed by atoms with Gasteiger partial charge in [0.05, 0.1) is 5.52 Å². The lowest BCUT2D eigenvalue weighted by atomic mass is 10.2. The molecular formula is C16H16N4. The SMILES string of the molecule is CCN(c1ccccc1)c1ncnc2ccc(N)cc12. The quantitative estimate of drug-likeness (QED) is 0.737. The lowest BCUT2D eigenvalue weighted by molar-refractivity contribution is 0.990. The molecule has 3 rings (SSSR count). The van der Waals surface area contributed by atoms with Crippen LogP contribution in [0.4, 0.5) is 17.2 Å². The zero-order valence-electron chi connectivity index (χ0n) is 11.3. The van der Waals surface area contributed by atoms with E-state index in [1.54, 1.807) is 6.33 Å². The van der Waals surface area contributed by atoms with Gasteiger partial charge in [0.2, 0.25) is 0 Å². The van der Waals surface area contributed by atoms with Gasteiger partial charge in [0.25, 0.3) is 0 Å². The molecule has 3 aromatic rings. The minimum atomic E-state index is 0.720. The van der Waals surface area contributed by atoms with E-state index in [0.717, 1.165) is 34.6 Å². The van der Waals surface area contributed by atoms with Crippen molar-refractivity contribution in [2.24, 2.45) is 0 Å². The fourth-order valence-electron chi connectivity index (χ4n) is 2.34. The van der Waals surface area contributed by atoms with Crippen LogP contribution < -0.4 is 10.6 Å². The fraction of sp³-hybridized carbons (Fsp3) is 0.125. The number of hydrogen-bond acceptors (Lipinski definition) is 4. The maximum absolute atomic E-state index is 5.90. The molecule has 1 heterocycles. The molecule has 0 saturated heterocycles. The third-order valence-electron chi connectivity index (χ3n) is 3.28. The van der Waals surface area contributed by atoms with E-state index in [-0.39, 0.29) is 0 Å².